The van der Waals surface area contributed by atoms with Gasteiger partial charge in [-0.25, -0.2) is 0 Å². The molecule has 0 spiro atoms. The third-order valence-corrected chi connectivity index (χ3v) is 3.75. The molecule has 1 N–H and O–H groups in total. The van der Waals surface area contributed by atoms with Crippen molar-refractivity contribution in [3.8, 4) is 28.0 Å². The van der Waals surface area contributed by atoms with Gasteiger partial charge in [0.1, 0.15) is 5.75 Å². The van der Waals surface area contributed by atoms with Crippen molar-refractivity contribution in [2.75, 3.05) is 0 Å². The van der Waals surface area contributed by atoms with Gasteiger partial charge in [0.15, 0.2) is 0 Å². The summed E-state index contributed by atoms with van der Waals surface area (Å²) < 4.78 is 0. The zero-order valence-electron chi connectivity index (χ0n) is 10.8. The van der Waals surface area contributed by atoms with Crippen molar-refractivity contribution in [3.63, 3.8) is 0 Å². The lowest BCUT2D eigenvalue weighted by atomic mass is 9.98. The second-order valence-electron chi connectivity index (χ2n) is 4.62. The van der Waals surface area contributed by atoms with Gasteiger partial charge in [0.2, 0.25) is 0 Å². The number of hydrogen-bond donors (Lipinski definition) is 2. The Hall–Kier alpha value is -2.19. The average molecular weight is 278 g/mol. The molecule has 0 unspecified atom stereocenters. The third-order valence-electron chi connectivity index (χ3n) is 3.26. The van der Waals surface area contributed by atoms with E-state index in [1.54, 1.807) is 12.1 Å². The second kappa shape index (κ2) is 5.43. The Bertz CT molecular complexity index is 660. The van der Waals surface area contributed by atoms with E-state index in [9.17, 15) is 5.11 Å². The Morgan fingerprint density at radius 2 is 1.05 bits per heavy atom. The molecule has 3 rings (SSSR count). The molecule has 0 amide bonds. The van der Waals surface area contributed by atoms with Gasteiger partial charge in [-0.3, -0.25) is 0 Å². The fourth-order valence-electron chi connectivity index (χ4n) is 2.29. The number of hydrogen-bond acceptors (Lipinski definition) is 2. The molecule has 0 saturated heterocycles. The first-order valence-corrected chi connectivity index (χ1v) is 6.87. The van der Waals surface area contributed by atoms with Crippen molar-refractivity contribution in [3.05, 3.63) is 72.8 Å². The van der Waals surface area contributed by atoms with Gasteiger partial charge in [0, 0.05) is 4.90 Å². The first kappa shape index (κ1) is 12.8. The van der Waals surface area contributed by atoms with E-state index in [2.05, 4.69) is 12.6 Å². The summed E-state index contributed by atoms with van der Waals surface area (Å²) in [5.41, 5.74) is 3.97. The lowest BCUT2D eigenvalue weighted by Crippen LogP contribution is -1.86. The third kappa shape index (κ3) is 2.43. The molecule has 1 nitrogen and oxygen atoms in total. The van der Waals surface area contributed by atoms with Crippen LogP contribution in [0.25, 0.3) is 22.3 Å². The molecular formula is C18H14OS. The first-order valence-electron chi connectivity index (χ1n) is 6.42. The van der Waals surface area contributed by atoms with Gasteiger partial charge in [-0.2, -0.15) is 0 Å². The minimum atomic E-state index is 0.250. The normalized spacial score (nSPS) is 10.4. The minimum Gasteiger partial charge on any atom is -0.508 e. The molecule has 0 aliphatic rings. The van der Waals surface area contributed by atoms with Crippen molar-refractivity contribution in [2.45, 2.75) is 4.90 Å². The number of thiol groups is 1. The lowest BCUT2D eigenvalue weighted by Gasteiger charge is -2.12. The maximum absolute atomic E-state index is 10.0. The molecule has 0 fully saturated rings. The molecular weight excluding hydrogens is 264 g/mol. The summed E-state index contributed by atoms with van der Waals surface area (Å²) in [5.74, 6) is 0.250. The molecule has 0 aliphatic heterocycles. The van der Waals surface area contributed by atoms with E-state index < -0.39 is 0 Å². The zero-order chi connectivity index (χ0) is 13.9. The summed E-state index contributed by atoms with van der Waals surface area (Å²) in [7, 11) is 0. The summed E-state index contributed by atoms with van der Waals surface area (Å²) in [6, 6.07) is 23.5. The van der Waals surface area contributed by atoms with Crippen molar-refractivity contribution in [1.82, 2.24) is 0 Å². The van der Waals surface area contributed by atoms with Crippen LogP contribution in [-0.4, -0.2) is 5.11 Å². The number of benzene rings is 3. The number of aromatic hydroxyl groups is 1. The summed E-state index contributed by atoms with van der Waals surface area (Å²) in [4.78, 5) is 0.875. The second-order valence-corrected chi connectivity index (χ2v) is 5.07. The number of rotatable bonds is 2. The summed E-state index contributed by atoms with van der Waals surface area (Å²) in [6.45, 7) is 0. The fraction of sp³-hybridized carbons (Fsp3) is 0. The van der Waals surface area contributed by atoms with E-state index in [0.29, 0.717) is 0 Å². The Labute approximate surface area is 123 Å². The predicted molar refractivity (Wildman–Crippen MR) is 86.2 cm³/mol. The van der Waals surface area contributed by atoms with Gasteiger partial charge in [-0.1, -0.05) is 60.7 Å². The average Bonchev–Trinajstić information content (AvgIpc) is 2.51. The largest absolute Gasteiger partial charge is 0.508 e. The smallest absolute Gasteiger partial charge is 0.116 e. The molecule has 20 heavy (non-hydrogen) atoms. The van der Waals surface area contributed by atoms with Gasteiger partial charge < -0.3 is 5.11 Å². The maximum Gasteiger partial charge on any atom is 0.116 e. The highest BCUT2D eigenvalue weighted by molar-refractivity contribution is 7.80. The highest BCUT2D eigenvalue weighted by atomic mass is 32.1. The van der Waals surface area contributed by atoms with E-state index in [1.165, 1.54) is 0 Å². The molecule has 0 heterocycles. The number of phenols is 1. The minimum absolute atomic E-state index is 0.250. The Morgan fingerprint density at radius 3 is 1.45 bits per heavy atom. The van der Waals surface area contributed by atoms with Crippen molar-refractivity contribution in [2.24, 2.45) is 0 Å². The standard InChI is InChI=1S/C18H14OS/c19-15-11-16(13-7-3-1-4-8-13)18(20)17(12-15)14-9-5-2-6-10-14/h1-12,19-20H. The van der Waals surface area contributed by atoms with Crippen LogP contribution >= 0.6 is 12.6 Å². The monoisotopic (exact) mass is 278 g/mol. The molecule has 3 aromatic rings. The van der Waals surface area contributed by atoms with Crippen LogP contribution in [0.4, 0.5) is 0 Å². The topological polar surface area (TPSA) is 20.2 Å². The lowest BCUT2D eigenvalue weighted by molar-refractivity contribution is 0.475. The SMILES string of the molecule is Oc1cc(-c2ccccc2)c(S)c(-c2ccccc2)c1. The fourth-order valence-corrected chi connectivity index (χ4v) is 2.68. The maximum atomic E-state index is 10.0. The Balaban J connectivity index is 2.22. The van der Waals surface area contributed by atoms with Gasteiger partial charge in [-0.15, -0.1) is 12.6 Å². The van der Waals surface area contributed by atoms with Crippen LogP contribution in [-0.2, 0) is 0 Å². The molecule has 0 aliphatic carbocycles. The van der Waals surface area contributed by atoms with Crippen LogP contribution in [0.1, 0.15) is 0 Å². The summed E-state index contributed by atoms with van der Waals surface area (Å²) in [5, 5.41) is 10.0. The zero-order valence-corrected chi connectivity index (χ0v) is 11.7. The molecule has 0 radical (unpaired) electrons. The van der Waals surface area contributed by atoms with Gasteiger partial charge >= 0.3 is 0 Å². The quantitative estimate of drug-likeness (QED) is 0.631. The highest BCUT2D eigenvalue weighted by Crippen LogP contribution is 2.38. The molecule has 2 heteroatoms. The van der Waals surface area contributed by atoms with Gasteiger partial charge in [-0.05, 0) is 34.4 Å². The van der Waals surface area contributed by atoms with Crippen LogP contribution < -0.4 is 0 Å². The van der Waals surface area contributed by atoms with E-state index >= 15 is 0 Å². The summed E-state index contributed by atoms with van der Waals surface area (Å²) in [6.07, 6.45) is 0. The van der Waals surface area contributed by atoms with E-state index in [4.69, 9.17) is 0 Å². The molecule has 0 aromatic heterocycles. The van der Waals surface area contributed by atoms with Crippen LogP contribution in [0, 0.1) is 0 Å². The van der Waals surface area contributed by atoms with Crippen LogP contribution in [0.5, 0.6) is 5.75 Å². The Morgan fingerprint density at radius 1 is 0.650 bits per heavy atom. The van der Waals surface area contributed by atoms with Crippen molar-refractivity contribution < 1.29 is 5.11 Å². The Kier molecular flexibility index (Phi) is 3.48. The molecule has 3 aromatic carbocycles. The summed E-state index contributed by atoms with van der Waals surface area (Å²) >= 11 is 4.67. The van der Waals surface area contributed by atoms with E-state index in [-0.39, 0.29) is 5.75 Å². The number of phenolic OH excluding ortho intramolecular Hbond substituents is 1. The van der Waals surface area contributed by atoms with Crippen LogP contribution in [0.15, 0.2) is 77.7 Å². The molecule has 0 saturated carbocycles. The molecule has 0 bridgehead atoms. The molecule has 0 atom stereocenters. The van der Waals surface area contributed by atoms with Crippen molar-refractivity contribution >= 4 is 12.6 Å². The van der Waals surface area contributed by atoms with Crippen LogP contribution in [0.2, 0.25) is 0 Å². The van der Waals surface area contributed by atoms with E-state index in [1.807, 2.05) is 60.7 Å². The van der Waals surface area contributed by atoms with Crippen molar-refractivity contribution in [1.29, 1.82) is 0 Å². The molecule has 98 valence electrons. The first-order chi connectivity index (χ1) is 9.75. The van der Waals surface area contributed by atoms with Gasteiger partial charge in [0.25, 0.3) is 0 Å². The highest BCUT2D eigenvalue weighted by Gasteiger charge is 2.11. The van der Waals surface area contributed by atoms with Crippen LogP contribution in [0.3, 0.4) is 0 Å². The van der Waals surface area contributed by atoms with Gasteiger partial charge in [0.05, 0.1) is 0 Å². The predicted octanol–water partition coefficient (Wildman–Crippen LogP) is 5.01. The van der Waals surface area contributed by atoms with E-state index in [0.717, 1.165) is 27.1 Å².